The molecule has 22 heavy (non-hydrogen) atoms. The lowest BCUT2D eigenvalue weighted by atomic mass is 10.2. The molecule has 0 amide bonds. The summed E-state index contributed by atoms with van der Waals surface area (Å²) in [6, 6.07) is 18.4. The fraction of sp³-hybridized carbons (Fsp3) is 0.176. The zero-order chi connectivity index (χ0) is 15.4. The zero-order valence-electron chi connectivity index (χ0n) is 12.4. The summed E-state index contributed by atoms with van der Waals surface area (Å²) in [4.78, 5) is 0. The molecule has 2 aromatic carbocycles. The van der Waals surface area contributed by atoms with Crippen LogP contribution in [0.25, 0.3) is 5.69 Å². The minimum atomic E-state index is 0.624. The van der Waals surface area contributed by atoms with Crippen LogP contribution in [0.3, 0.4) is 0 Å². The first kappa shape index (κ1) is 14.5. The molecule has 5 heteroatoms. The van der Waals surface area contributed by atoms with Crippen molar-refractivity contribution in [3.63, 3.8) is 0 Å². The molecule has 0 bridgehead atoms. The zero-order valence-corrected chi connectivity index (χ0v) is 13.2. The first-order valence-corrected chi connectivity index (χ1v) is 7.67. The molecular formula is C17H18N4S. The van der Waals surface area contributed by atoms with E-state index in [-0.39, 0.29) is 0 Å². The maximum Gasteiger partial charge on any atom is 0.199 e. The van der Waals surface area contributed by atoms with E-state index < -0.39 is 0 Å². The highest BCUT2D eigenvalue weighted by atomic mass is 32.1. The number of nitrogens with one attached hydrogen (secondary N) is 2. The summed E-state index contributed by atoms with van der Waals surface area (Å²) in [6.07, 6.45) is 0.788. The molecule has 112 valence electrons. The highest BCUT2D eigenvalue weighted by Gasteiger charge is 2.07. The van der Waals surface area contributed by atoms with Gasteiger partial charge in [0.25, 0.3) is 0 Å². The molecule has 0 aliphatic heterocycles. The summed E-state index contributed by atoms with van der Waals surface area (Å²) in [5.74, 6) is 0.928. The van der Waals surface area contributed by atoms with Gasteiger partial charge >= 0.3 is 0 Å². The predicted octanol–water partition coefficient (Wildman–Crippen LogP) is 3.89. The van der Waals surface area contributed by atoms with Gasteiger partial charge in [-0.15, -0.1) is 0 Å². The molecule has 0 saturated heterocycles. The molecule has 3 aromatic rings. The summed E-state index contributed by atoms with van der Waals surface area (Å²) in [5, 5.41) is 10.6. The van der Waals surface area contributed by atoms with Crippen LogP contribution in [0, 0.1) is 11.7 Å². The normalized spacial score (nSPS) is 10.6. The number of hydrogen-bond donors (Lipinski definition) is 2. The molecule has 1 heterocycles. The number of hydrogen-bond acceptors (Lipinski definition) is 3. The van der Waals surface area contributed by atoms with E-state index in [1.165, 1.54) is 5.56 Å². The van der Waals surface area contributed by atoms with Crippen molar-refractivity contribution in [3.05, 3.63) is 70.8 Å². The summed E-state index contributed by atoms with van der Waals surface area (Å²) in [6.45, 7) is 2.87. The number of aromatic nitrogens is 3. The molecule has 4 nitrogen and oxygen atoms in total. The second-order valence-electron chi connectivity index (χ2n) is 5.16. The molecule has 0 atom stereocenters. The number of anilines is 1. The Morgan fingerprint density at radius 2 is 1.82 bits per heavy atom. The van der Waals surface area contributed by atoms with E-state index in [4.69, 9.17) is 12.2 Å². The van der Waals surface area contributed by atoms with Crippen LogP contribution in [0.5, 0.6) is 0 Å². The summed E-state index contributed by atoms with van der Waals surface area (Å²) in [5.41, 5.74) is 3.38. The van der Waals surface area contributed by atoms with E-state index in [1.54, 1.807) is 0 Å². The molecule has 0 aliphatic carbocycles. The Labute approximate surface area is 134 Å². The highest BCUT2D eigenvalue weighted by molar-refractivity contribution is 7.71. The van der Waals surface area contributed by atoms with Crippen molar-refractivity contribution in [1.82, 2.24) is 14.8 Å². The summed E-state index contributed by atoms with van der Waals surface area (Å²) < 4.78 is 2.61. The second-order valence-corrected chi connectivity index (χ2v) is 5.55. The van der Waals surface area contributed by atoms with E-state index >= 15 is 0 Å². The van der Waals surface area contributed by atoms with Crippen LogP contribution in [0.1, 0.15) is 11.4 Å². The Kier molecular flexibility index (Phi) is 4.34. The molecule has 3 rings (SSSR count). The lowest BCUT2D eigenvalue weighted by Crippen LogP contribution is -2.09. The molecule has 2 N–H and O–H groups in total. The lowest BCUT2D eigenvalue weighted by molar-refractivity contribution is 0.848. The predicted molar refractivity (Wildman–Crippen MR) is 92.1 cm³/mol. The Bertz CT molecular complexity index is 788. The van der Waals surface area contributed by atoms with Crippen molar-refractivity contribution < 1.29 is 0 Å². The van der Waals surface area contributed by atoms with Gasteiger partial charge in [0.05, 0.1) is 0 Å². The van der Waals surface area contributed by atoms with E-state index in [1.807, 2.05) is 22.8 Å². The van der Waals surface area contributed by atoms with Gasteiger partial charge in [-0.3, -0.25) is 9.67 Å². The standard InChI is InChI=1S/C17H18N4S/c1-13-7-9-15(10-8-13)21-16(19-20-17(21)22)11-12-18-14-5-3-2-4-6-14/h2-10,18H,11-12H2,1H3,(H,20,22). The average molecular weight is 310 g/mol. The Morgan fingerprint density at radius 1 is 1.09 bits per heavy atom. The molecular weight excluding hydrogens is 292 g/mol. The van der Waals surface area contributed by atoms with Gasteiger partial charge < -0.3 is 5.32 Å². The van der Waals surface area contributed by atoms with Crippen LogP contribution in [-0.4, -0.2) is 21.3 Å². The van der Waals surface area contributed by atoms with Crippen LogP contribution in [0.2, 0.25) is 0 Å². The molecule has 0 fully saturated rings. The summed E-state index contributed by atoms with van der Waals surface area (Å²) >= 11 is 5.36. The molecule has 1 aromatic heterocycles. The fourth-order valence-corrected chi connectivity index (χ4v) is 2.59. The third-order valence-electron chi connectivity index (χ3n) is 3.49. The smallest absolute Gasteiger partial charge is 0.199 e. The largest absolute Gasteiger partial charge is 0.385 e. The number of benzene rings is 2. The molecule has 0 saturated carbocycles. The minimum Gasteiger partial charge on any atom is -0.385 e. The van der Waals surface area contributed by atoms with E-state index in [0.717, 1.165) is 30.2 Å². The third kappa shape index (κ3) is 3.26. The van der Waals surface area contributed by atoms with Gasteiger partial charge in [-0.1, -0.05) is 35.9 Å². The van der Waals surface area contributed by atoms with Gasteiger partial charge in [-0.25, -0.2) is 0 Å². The summed E-state index contributed by atoms with van der Waals surface area (Å²) in [7, 11) is 0. The number of para-hydroxylation sites is 1. The third-order valence-corrected chi connectivity index (χ3v) is 3.76. The number of H-pyrrole nitrogens is 1. The van der Waals surface area contributed by atoms with E-state index in [0.29, 0.717) is 4.77 Å². The van der Waals surface area contributed by atoms with Crippen molar-refractivity contribution in [2.45, 2.75) is 13.3 Å². The van der Waals surface area contributed by atoms with Crippen LogP contribution >= 0.6 is 12.2 Å². The molecule has 0 unspecified atom stereocenters. The van der Waals surface area contributed by atoms with Crippen molar-refractivity contribution in [3.8, 4) is 5.69 Å². The Morgan fingerprint density at radius 3 is 2.55 bits per heavy atom. The van der Waals surface area contributed by atoms with Crippen molar-refractivity contribution >= 4 is 17.9 Å². The van der Waals surface area contributed by atoms with Gasteiger partial charge in [0.2, 0.25) is 0 Å². The number of aryl methyl sites for hydroxylation is 1. The van der Waals surface area contributed by atoms with E-state index in [9.17, 15) is 0 Å². The maximum atomic E-state index is 5.36. The second kappa shape index (κ2) is 6.58. The molecule has 0 radical (unpaired) electrons. The van der Waals surface area contributed by atoms with Gasteiger partial charge in [-0.05, 0) is 43.4 Å². The molecule has 0 spiro atoms. The van der Waals surface area contributed by atoms with Crippen molar-refractivity contribution in [2.24, 2.45) is 0 Å². The van der Waals surface area contributed by atoms with Gasteiger partial charge in [0, 0.05) is 24.3 Å². The number of aromatic amines is 1. The maximum absolute atomic E-state index is 5.36. The fourth-order valence-electron chi connectivity index (χ4n) is 2.33. The highest BCUT2D eigenvalue weighted by Crippen LogP contribution is 2.13. The number of nitrogens with zero attached hydrogens (tertiary/aromatic N) is 2. The minimum absolute atomic E-state index is 0.624. The van der Waals surface area contributed by atoms with Crippen LogP contribution in [0.15, 0.2) is 54.6 Å². The van der Waals surface area contributed by atoms with E-state index in [2.05, 4.69) is 58.8 Å². The quantitative estimate of drug-likeness (QED) is 0.703. The Balaban J connectivity index is 1.75. The monoisotopic (exact) mass is 310 g/mol. The number of rotatable bonds is 5. The SMILES string of the molecule is Cc1ccc(-n2c(CCNc3ccccc3)n[nH]c2=S)cc1. The molecule has 0 aliphatic rings. The van der Waals surface area contributed by atoms with Crippen molar-refractivity contribution in [1.29, 1.82) is 0 Å². The van der Waals surface area contributed by atoms with Crippen LogP contribution in [0.4, 0.5) is 5.69 Å². The first-order valence-electron chi connectivity index (χ1n) is 7.26. The van der Waals surface area contributed by atoms with Gasteiger partial charge in [-0.2, -0.15) is 5.10 Å². The average Bonchev–Trinajstić information content (AvgIpc) is 2.90. The van der Waals surface area contributed by atoms with Gasteiger partial charge in [0.1, 0.15) is 5.82 Å². The lowest BCUT2D eigenvalue weighted by Gasteiger charge is -2.09. The first-order chi connectivity index (χ1) is 10.7. The Hall–Kier alpha value is -2.40. The van der Waals surface area contributed by atoms with Crippen LogP contribution in [-0.2, 0) is 6.42 Å². The van der Waals surface area contributed by atoms with Crippen LogP contribution < -0.4 is 5.32 Å². The van der Waals surface area contributed by atoms with Gasteiger partial charge in [0.15, 0.2) is 4.77 Å². The topological polar surface area (TPSA) is 45.6 Å². The van der Waals surface area contributed by atoms with Crippen molar-refractivity contribution in [2.75, 3.05) is 11.9 Å².